The predicted octanol–water partition coefficient (Wildman–Crippen LogP) is 2.74. The van der Waals surface area contributed by atoms with Crippen molar-refractivity contribution in [2.45, 2.75) is 18.6 Å². The number of aliphatic hydroxyl groups is 1. The number of halogens is 2. The minimum Gasteiger partial charge on any atom is -0.363 e. The molecule has 2 aromatic carbocycles. The fourth-order valence-corrected chi connectivity index (χ4v) is 2.53. The Balaban J connectivity index is 2.07. The Kier molecular flexibility index (Phi) is 2.85. The molecular weight excluding hydrogens is 276 g/mol. The second kappa shape index (κ2) is 4.36. The molecule has 2 aromatic rings. The molecule has 3 rings (SSSR count). The summed E-state index contributed by atoms with van der Waals surface area (Å²) in [7, 11) is 0. The molecule has 1 atom stereocenters. The monoisotopic (exact) mass is 289 g/mol. The van der Waals surface area contributed by atoms with Gasteiger partial charge < -0.3 is 10.4 Å². The van der Waals surface area contributed by atoms with Crippen LogP contribution in [0.3, 0.4) is 0 Å². The van der Waals surface area contributed by atoms with Crippen LogP contribution in [0.5, 0.6) is 0 Å². The number of hydrogen-bond acceptors (Lipinski definition) is 2. The van der Waals surface area contributed by atoms with Gasteiger partial charge in [0.05, 0.1) is 0 Å². The third-order valence-corrected chi connectivity index (χ3v) is 3.67. The molecule has 1 heterocycles. The molecule has 0 fully saturated rings. The summed E-state index contributed by atoms with van der Waals surface area (Å²) >= 11 is 0. The zero-order chi connectivity index (χ0) is 15.3. The Morgan fingerprint density at radius 1 is 1.10 bits per heavy atom. The molecule has 0 aromatic heterocycles. The Hall–Kier alpha value is -2.27. The average molecular weight is 289 g/mol. The van der Waals surface area contributed by atoms with Gasteiger partial charge in [0.1, 0.15) is 0 Å². The number of hydrogen-bond donors (Lipinski definition) is 2. The van der Waals surface area contributed by atoms with Gasteiger partial charge in [0.15, 0.2) is 5.72 Å². The van der Waals surface area contributed by atoms with Crippen LogP contribution >= 0.6 is 0 Å². The lowest BCUT2D eigenvalue weighted by Crippen LogP contribution is -2.40. The van der Waals surface area contributed by atoms with Gasteiger partial charge in [-0.3, -0.25) is 4.79 Å². The van der Waals surface area contributed by atoms with Crippen LogP contribution in [-0.4, -0.2) is 11.0 Å². The van der Waals surface area contributed by atoms with Crippen molar-refractivity contribution in [3.8, 4) is 0 Å². The largest absolute Gasteiger partial charge is 0.363 e. The smallest absolute Gasteiger partial charge is 0.270 e. The highest BCUT2D eigenvalue weighted by Gasteiger charge is 2.42. The quantitative estimate of drug-likeness (QED) is 0.893. The minimum absolute atomic E-state index is 0.146. The Bertz CT molecular complexity index is 707. The van der Waals surface area contributed by atoms with Crippen LogP contribution in [0.15, 0.2) is 48.5 Å². The number of carbonyl (C=O) groups is 1. The van der Waals surface area contributed by atoms with Crippen LogP contribution in [0.4, 0.5) is 8.78 Å². The molecule has 0 spiro atoms. The van der Waals surface area contributed by atoms with Gasteiger partial charge in [-0.05, 0) is 6.07 Å². The number of rotatable bonds is 2. The third kappa shape index (κ3) is 2.10. The maximum absolute atomic E-state index is 13.2. The summed E-state index contributed by atoms with van der Waals surface area (Å²) < 4.78 is 26.5. The summed E-state index contributed by atoms with van der Waals surface area (Å²) in [6, 6.07) is 11.9. The SMILES string of the molecule is CC(F)(F)c1ccc(C2(O)NC(=O)c3ccccc32)cc1. The van der Waals surface area contributed by atoms with Crippen molar-refractivity contribution >= 4 is 5.91 Å². The van der Waals surface area contributed by atoms with E-state index in [1.807, 2.05) is 0 Å². The lowest BCUT2D eigenvalue weighted by Gasteiger charge is -2.25. The molecule has 108 valence electrons. The highest BCUT2D eigenvalue weighted by atomic mass is 19.3. The second-order valence-electron chi connectivity index (χ2n) is 5.18. The van der Waals surface area contributed by atoms with Gasteiger partial charge in [0.2, 0.25) is 0 Å². The molecule has 0 radical (unpaired) electrons. The van der Waals surface area contributed by atoms with Gasteiger partial charge in [-0.1, -0.05) is 42.5 Å². The van der Waals surface area contributed by atoms with E-state index in [0.717, 1.165) is 6.92 Å². The van der Waals surface area contributed by atoms with Crippen LogP contribution in [0.1, 0.15) is 34.0 Å². The van der Waals surface area contributed by atoms with E-state index in [1.54, 1.807) is 24.3 Å². The minimum atomic E-state index is -2.95. The number of carbonyl (C=O) groups excluding carboxylic acids is 1. The lowest BCUT2D eigenvalue weighted by molar-refractivity contribution is 0.0170. The molecule has 1 unspecified atom stereocenters. The molecule has 0 bridgehead atoms. The molecule has 0 saturated heterocycles. The standard InChI is InChI=1S/C16H13F2NO2/c1-15(17,18)10-6-8-11(9-7-10)16(21)13-5-3-2-4-12(13)14(20)19-16/h2-9,21H,1H3,(H,19,20). The Labute approximate surface area is 120 Å². The van der Waals surface area contributed by atoms with E-state index < -0.39 is 17.6 Å². The van der Waals surface area contributed by atoms with Crippen LogP contribution in [0, 0.1) is 0 Å². The molecule has 2 N–H and O–H groups in total. The molecule has 3 nitrogen and oxygen atoms in total. The number of amides is 1. The first-order chi connectivity index (χ1) is 9.82. The van der Waals surface area contributed by atoms with Gasteiger partial charge >= 0.3 is 0 Å². The summed E-state index contributed by atoms with van der Waals surface area (Å²) in [5.41, 5.74) is -0.688. The van der Waals surface area contributed by atoms with E-state index in [4.69, 9.17) is 0 Å². The lowest BCUT2D eigenvalue weighted by atomic mass is 9.93. The summed E-state index contributed by atoms with van der Waals surface area (Å²) in [4.78, 5) is 11.9. The average Bonchev–Trinajstić information content (AvgIpc) is 2.72. The first kappa shape index (κ1) is 13.7. The van der Waals surface area contributed by atoms with Crippen molar-refractivity contribution in [3.05, 3.63) is 70.8 Å². The zero-order valence-electron chi connectivity index (χ0n) is 11.2. The van der Waals surface area contributed by atoms with Gasteiger partial charge in [-0.25, -0.2) is 8.78 Å². The molecule has 1 amide bonds. The maximum atomic E-state index is 13.2. The summed E-state index contributed by atoms with van der Waals surface area (Å²) in [6.45, 7) is 0.809. The Morgan fingerprint density at radius 3 is 2.33 bits per heavy atom. The van der Waals surface area contributed by atoms with Crippen molar-refractivity contribution in [3.63, 3.8) is 0 Å². The van der Waals surface area contributed by atoms with Crippen molar-refractivity contribution in [2.75, 3.05) is 0 Å². The van der Waals surface area contributed by atoms with Crippen molar-refractivity contribution in [1.29, 1.82) is 0 Å². The molecule has 0 saturated carbocycles. The molecule has 0 aliphatic carbocycles. The number of fused-ring (bicyclic) bond motifs is 1. The molecule has 1 aliphatic heterocycles. The highest BCUT2D eigenvalue weighted by Crippen LogP contribution is 2.36. The number of benzene rings is 2. The van der Waals surface area contributed by atoms with Crippen molar-refractivity contribution < 1.29 is 18.7 Å². The first-order valence-electron chi connectivity index (χ1n) is 6.45. The molecule has 21 heavy (non-hydrogen) atoms. The predicted molar refractivity (Wildman–Crippen MR) is 72.9 cm³/mol. The fraction of sp³-hybridized carbons (Fsp3) is 0.188. The highest BCUT2D eigenvalue weighted by molar-refractivity contribution is 6.00. The molecular formula is C16H13F2NO2. The van der Waals surface area contributed by atoms with Crippen LogP contribution in [0.2, 0.25) is 0 Å². The van der Waals surface area contributed by atoms with E-state index in [1.165, 1.54) is 24.3 Å². The summed E-state index contributed by atoms with van der Waals surface area (Å²) in [5, 5.41) is 13.3. The van der Waals surface area contributed by atoms with E-state index in [-0.39, 0.29) is 5.56 Å². The number of nitrogens with one attached hydrogen (secondary N) is 1. The fourth-order valence-electron chi connectivity index (χ4n) is 2.53. The van der Waals surface area contributed by atoms with E-state index >= 15 is 0 Å². The Morgan fingerprint density at radius 2 is 1.71 bits per heavy atom. The van der Waals surface area contributed by atoms with Gasteiger partial charge in [-0.2, -0.15) is 0 Å². The van der Waals surface area contributed by atoms with E-state index in [2.05, 4.69) is 5.32 Å². The molecule has 5 heteroatoms. The van der Waals surface area contributed by atoms with Gasteiger partial charge in [0, 0.05) is 29.2 Å². The topological polar surface area (TPSA) is 49.3 Å². The van der Waals surface area contributed by atoms with Gasteiger partial charge in [-0.15, -0.1) is 0 Å². The van der Waals surface area contributed by atoms with E-state index in [0.29, 0.717) is 16.7 Å². The van der Waals surface area contributed by atoms with Crippen molar-refractivity contribution in [1.82, 2.24) is 5.32 Å². The summed E-state index contributed by atoms with van der Waals surface area (Å²) in [6.07, 6.45) is 0. The van der Waals surface area contributed by atoms with Crippen LogP contribution < -0.4 is 5.32 Å². The third-order valence-electron chi connectivity index (χ3n) is 3.67. The maximum Gasteiger partial charge on any atom is 0.270 e. The zero-order valence-corrected chi connectivity index (χ0v) is 11.2. The number of alkyl halides is 2. The second-order valence-corrected chi connectivity index (χ2v) is 5.18. The van der Waals surface area contributed by atoms with Crippen molar-refractivity contribution in [2.24, 2.45) is 0 Å². The normalized spacial score (nSPS) is 21.0. The van der Waals surface area contributed by atoms with Gasteiger partial charge in [0.25, 0.3) is 11.8 Å². The molecule has 1 aliphatic rings. The summed E-state index contributed by atoms with van der Waals surface area (Å²) in [5.74, 6) is -3.34. The van der Waals surface area contributed by atoms with Crippen LogP contribution in [-0.2, 0) is 11.6 Å². The first-order valence-corrected chi connectivity index (χ1v) is 6.45. The van der Waals surface area contributed by atoms with Crippen LogP contribution in [0.25, 0.3) is 0 Å². The van der Waals surface area contributed by atoms with E-state index in [9.17, 15) is 18.7 Å².